The fourth-order valence-electron chi connectivity index (χ4n) is 4.17. The number of nitrogens with zero attached hydrogens (tertiary/aromatic N) is 2. The van der Waals surface area contributed by atoms with Crippen molar-refractivity contribution in [3.05, 3.63) is 53.2 Å². The molecule has 0 bridgehead atoms. The van der Waals surface area contributed by atoms with Gasteiger partial charge in [0.25, 0.3) is 0 Å². The van der Waals surface area contributed by atoms with Crippen LogP contribution in [0.5, 0.6) is 0 Å². The topological polar surface area (TPSA) is 117 Å². The second-order valence-electron chi connectivity index (χ2n) is 7.20. The van der Waals surface area contributed by atoms with E-state index in [0.717, 1.165) is 46.9 Å². The largest absolute Gasteiger partial charge is 0.398 e. The predicted molar refractivity (Wildman–Crippen MR) is 109 cm³/mol. The zero-order chi connectivity index (χ0) is 18.5. The molecule has 0 fully saturated rings. The molecule has 27 heavy (non-hydrogen) atoms. The van der Waals surface area contributed by atoms with Crippen molar-refractivity contribution in [2.24, 2.45) is 5.73 Å². The molecular formula is C21H20N6. The second-order valence-corrected chi connectivity index (χ2v) is 7.20. The van der Waals surface area contributed by atoms with Crippen LogP contribution in [0.25, 0.3) is 33.1 Å². The maximum absolute atomic E-state index is 7.61. The highest BCUT2D eigenvalue weighted by atomic mass is 15.1. The molecule has 4 aromatic rings. The summed E-state index contributed by atoms with van der Waals surface area (Å²) in [5.74, 6) is 0. The van der Waals surface area contributed by atoms with Crippen molar-refractivity contribution in [2.75, 3.05) is 5.73 Å². The first-order chi connectivity index (χ1) is 13.2. The standard InChI is InChI=1S/C21H20N6/c22-9-12-7-11(1-4-17(12)24)21-15-8-13(23)2-3-14(15)20-16-10-25-27-18(16)5-6-19(20)26-21/h1,4-7,9-10,13,22H,2-3,8,23-24H2,(H,25,27). The Morgan fingerprint density at radius 1 is 1.19 bits per heavy atom. The molecule has 0 radical (unpaired) electrons. The van der Waals surface area contributed by atoms with Gasteiger partial charge in [0.1, 0.15) is 0 Å². The quantitative estimate of drug-likeness (QED) is 0.326. The van der Waals surface area contributed by atoms with Gasteiger partial charge in [-0.15, -0.1) is 0 Å². The van der Waals surface area contributed by atoms with Crippen LogP contribution >= 0.6 is 0 Å². The van der Waals surface area contributed by atoms with Gasteiger partial charge in [-0.1, -0.05) is 6.07 Å². The lowest BCUT2D eigenvalue weighted by Gasteiger charge is -2.25. The van der Waals surface area contributed by atoms with Crippen LogP contribution in [0.2, 0.25) is 0 Å². The van der Waals surface area contributed by atoms with E-state index in [1.54, 1.807) is 0 Å². The summed E-state index contributed by atoms with van der Waals surface area (Å²) in [6.45, 7) is 0. The minimum atomic E-state index is 0.134. The summed E-state index contributed by atoms with van der Waals surface area (Å²) in [6, 6.07) is 9.96. The first kappa shape index (κ1) is 16.0. The molecule has 0 spiro atoms. The van der Waals surface area contributed by atoms with Crippen LogP contribution in [0.15, 0.2) is 36.5 Å². The number of hydrogen-bond acceptors (Lipinski definition) is 5. The third-order valence-corrected chi connectivity index (χ3v) is 5.53. The van der Waals surface area contributed by atoms with Crippen LogP contribution < -0.4 is 11.5 Å². The fourth-order valence-corrected chi connectivity index (χ4v) is 4.17. The third-order valence-electron chi connectivity index (χ3n) is 5.53. The van der Waals surface area contributed by atoms with Gasteiger partial charge in [-0.2, -0.15) is 5.10 Å². The lowest BCUT2D eigenvalue weighted by molar-refractivity contribution is 0.579. The summed E-state index contributed by atoms with van der Waals surface area (Å²) in [5.41, 5.74) is 20.0. The average molecular weight is 356 g/mol. The van der Waals surface area contributed by atoms with Crippen LogP contribution in [0.3, 0.4) is 0 Å². The number of aromatic amines is 1. The zero-order valence-electron chi connectivity index (χ0n) is 14.8. The zero-order valence-corrected chi connectivity index (χ0v) is 14.8. The molecular weight excluding hydrogens is 336 g/mol. The molecule has 0 saturated heterocycles. The number of fused-ring (bicyclic) bond motifs is 5. The van der Waals surface area contributed by atoms with Gasteiger partial charge in [-0.25, -0.2) is 4.98 Å². The van der Waals surface area contributed by atoms with Crippen LogP contribution in [0.1, 0.15) is 23.1 Å². The third kappa shape index (κ3) is 2.41. The van der Waals surface area contributed by atoms with Crippen molar-refractivity contribution >= 4 is 33.7 Å². The molecule has 2 heterocycles. The molecule has 2 aromatic heterocycles. The lowest BCUT2D eigenvalue weighted by Crippen LogP contribution is -2.28. The molecule has 1 unspecified atom stereocenters. The summed E-state index contributed by atoms with van der Waals surface area (Å²) < 4.78 is 0. The van der Waals surface area contributed by atoms with E-state index in [-0.39, 0.29) is 6.04 Å². The highest BCUT2D eigenvalue weighted by Crippen LogP contribution is 2.38. The summed E-state index contributed by atoms with van der Waals surface area (Å²) in [6.07, 6.45) is 5.86. The number of nitrogens with one attached hydrogen (secondary N) is 2. The van der Waals surface area contributed by atoms with Gasteiger partial charge in [-0.05, 0) is 54.7 Å². The summed E-state index contributed by atoms with van der Waals surface area (Å²) in [7, 11) is 0. The molecule has 134 valence electrons. The normalized spacial score (nSPS) is 16.6. The van der Waals surface area contributed by atoms with Gasteiger partial charge in [-0.3, -0.25) is 5.10 Å². The molecule has 6 heteroatoms. The molecule has 6 nitrogen and oxygen atoms in total. The van der Waals surface area contributed by atoms with Crippen molar-refractivity contribution in [3.8, 4) is 11.3 Å². The Labute approximate surface area is 156 Å². The SMILES string of the molecule is N=Cc1cc(-c2nc3ccc4[nH]ncc4c3c3c2CC(N)CC3)ccc1N. The molecule has 0 saturated carbocycles. The minimum Gasteiger partial charge on any atom is -0.398 e. The van der Waals surface area contributed by atoms with Gasteiger partial charge in [0.2, 0.25) is 0 Å². The Bertz CT molecular complexity index is 1210. The number of nitrogens with two attached hydrogens (primary N) is 2. The highest BCUT2D eigenvalue weighted by Gasteiger charge is 2.24. The Balaban J connectivity index is 1.86. The van der Waals surface area contributed by atoms with E-state index in [0.29, 0.717) is 11.3 Å². The molecule has 5 rings (SSSR count). The first-order valence-electron chi connectivity index (χ1n) is 9.09. The van der Waals surface area contributed by atoms with Gasteiger partial charge in [0, 0.05) is 39.8 Å². The number of aryl methyl sites for hydroxylation is 1. The second kappa shape index (κ2) is 5.89. The van der Waals surface area contributed by atoms with E-state index in [2.05, 4.69) is 10.2 Å². The van der Waals surface area contributed by atoms with E-state index in [4.69, 9.17) is 21.9 Å². The number of benzene rings is 2. The summed E-state index contributed by atoms with van der Waals surface area (Å²) in [5, 5.41) is 17.2. The van der Waals surface area contributed by atoms with Gasteiger partial charge in [0.15, 0.2) is 0 Å². The van der Waals surface area contributed by atoms with Crippen LogP contribution in [-0.2, 0) is 12.8 Å². The average Bonchev–Trinajstić information content (AvgIpc) is 3.16. The Hall–Kier alpha value is -3.25. The first-order valence-corrected chi connectivity index (χ1v) is 9.09. The Morgan fingerprint density at radius 3 is 2.93 bits per heavy atom. The van der Waals surface area contributed by atoms with E-state index >= 15 is 0 Å². The van der Waals surface area contributed by atoms with Crippen molar-refractivity contribution in [1.29, 1.82) is 5.41 Å². The Morgan fingerprint density at radius 2 is 2.07 bits per heavy atom. The van der Waals surface area contributed by atoms with Crippen LogP contribution in [-0.4, -0.2) is 27.4 Å². The number of aromatic nitrogens is 3. The molecule has 1 aliphatic carbocycles. The number of hydrogen-bond donors (Lipinski definition) is 4. The number of anilines is 1. The molecule has 6 N–H and O–H groups in total. The predicted octanol–water partition coefficient (Wildman–Crippen LogP) is 3.17. The smallest absolute Gasteiger partial charge is 0.0745 e. The van der Waals surface area contributed by atoms with Crippen molar-refractivity contribution < 1.29 is 0 Å². The molecule has 1 atom stereocenters. The van der Waals surface area contributed by atoms with Crippen LogP contribution in [0, 0.1) is 5.41 Å². The summed E-state index contributed by atoms with van der Waals surface area (Å²) >= 11 is 0. The van der Waals surface area contributed by atoms with Crippen molar-refractivity contribution in [2.45, 2.75) is 25.3 Å². The number of nitrogen functional groups attached to an aromatic ring is 1. The van der Waals surface area contributed by atoms with E-state index in [1.807, 2.05) is 36.5 Å². The van der Waals surface area contributed by atoms with E-state index < -0.39 is 0 Å². The molecule has 2 aromatic carbocycles. The minimum absolute atomic E-state index is 0.134. The Kier molecular flexibility index (Phi) is 3.48. The van der Waals surface area contributed by atoms with E-state index in [9.17, 15) is 0 Å². The fraction of sp³-hybridized carbons (Fsp3) is 0.190. The van der Waals surface area contributed by atoms with Gasteiger partial charge < -0.3 is 16.9 Å². The maximum Gasteiger partial charge on any atom is 0.0745 e. The highest BCUT2D eigenvalue weighted by molar-refractivity contribution is 6.07. The van der Waals surface area contributed by atoms with E-state index in [1.165, 1.54) is 22.7 Å². The van der Waals surface area contributed by atoms with Crippen molar-refractivity contribution in [3.63, 3.8) is 0 Å². The van der Waals surface area contributed by atoms with Crippen LogP contribution in [0.4, 0.5) is 5.69 Å². The molecule has 1 aliphatic rings. The summed E-state index contributed by atoms with van der Waals surface area (Å²) in [4.78, 5) is 5.01. The van der Waals surface area contributed by atoms with Gasteiger partial charge in [0.05, 0.1) is 22.9 Å². The molecule has 0 aliphatic heterocycles. The van der Waals surface area contributed by atoms with Crippen molar-refractivity contribution in [1.82, 2.24) is 15.2 Å². The number of pyridine rings is 1. The lowest BCUT2D eigenvalue weighted by atomic mass is 9.83. The number of H-pyrrole nitrogens is 1. The maximum atomic E-state index is 7.61. The molecule has 0 amide bonds. The number of rotatable bonds is 2. The van der Waals surface area contributed by atoms with Gasteiger partial charge >= 0.3 is 0 Å². The monoisotopic (exact) mass is 356 g/mol.